The fraction of sp³-hybridized carbons (Fsp3) is 0.333. The Morgan fingerprint density at radius 2 is 1.83 bits per heavy atom. The van der Waals surface area contributed by atoms with E-state index in [1.165, 1.54) is 18.3 Å². The number of carbonyl (C=O) groups excluding carboxylic acids is 1. The molecule has 160 valence electrons. The number of hydrogen-bond acceptors (Lipinski definition) is 6. The van der Waals surface area contributed by atoms with Crippen molar-refractivity contribution in [1.82, 2.24) is 10.1 Å². The second-order valence-corrected chi connectivity index (χ2v) is 9.18. The molecule has 1 atom stereocenters. The van der Waals surface area contributed by atoms with Crippen LogP contribution in [0.25, 0.3) is 0 Å². The molecule has 0 aliphatic carbocycles. The van der Waals surface area contributed by atoms with Gasteiger partial charge < -0.3 is 9.47 Å². The minimum atomic E-state index is -3.84. The highest BCUT2D eigenvalue weighted by Crippen LogP contribution is 2.31. The molecule has 0 saturated carbocycles. The first kappa shape index (κ1) is 21.8. The molecule has 8 nitrogen and oxygen atoms in total. The summed E-state index contributed by atoms with van der Waals surface area (Å²) < 4.78 is 38.4. The number of carbonyl (C=O) groups is 1. The van der Waals surface area contributed by atoms with Crippen LogP contribution >= 0.6 is 0 Å². The van der Waals surface area contributed by atoms with E-state index in [1.54, 1.807) is 30.3 Å². The minimum Gasteiger partial charge on any atom is -0.454 e. The van der Waals surface area contributed by atoms with Crippen molar-refractivity contribution in [3.05, 3.63) is 53.6 Å². The largest absolute Gasteiger partial charge is 0.454 e. The predicted molar refractivity (Wildman–Crippen MR) is 113 cm³/mol. The smallest absolute Gasteiger partial charge is 0.258 e. The second-order valence-electron chi connectivity index (χ2n) is 7.46. The zero-order chi connectivity index (χ0) is 21.7. The van der Waals surface area contributed by atoms with E-state index in [9.17, 15) is 13.2 Å². The summed E-state index contributed by atoms with van der Waals surface area (Å²) in [6.07, 6.45) is 1.79. The lowest BCUT2D eigenvalue weighted by atomic mass is 10.0. The average molecular weight is 432 g/mol. The van der Waals surface area contributed by atoms with Crippen molar-refractivity contribution in [2.45, 2.75) is 38.1 Å². The molecule has 0 bridgehead atoms. The fourth-order valence-corrected chi connectivity index (χ4v) is 4.10. The van der Waals surface area contributed by atoms with Gasteiger partial charge in [-0.25, -0.2) is 13.8 Å². The van der Waals surface area contributed by atoms with Crippen molar-refractivity contribution in [2.24, 2.45) is 11.0 Å². The zero-order valence-corrected chi connectivity index (χ0v) is 17.9. The van der Waals surface area contributed by atoms with Crippen LogP contribution in [0.4, 0.5) is 0 Å². The van der Waals surface area contributed by atoms with Crippen molar-refractivity contribution >= 4 is 22.1 Å². The molecule has 1 aliphatic heterocycles. The lowest BCUT2D eigenvalue weighted by molar-refractivity contribution is -0.123. The number of nitrogens with zero attached hydrogens (tertiary/aromatic N) is 1. The van der Waals surface area contributed by atoms with Gasteiger partial charge in [-0.2, -0.15) is 9.82 Å². The molecule has 0 fully saturated rings. The minimum absolute atomic E-state index is 0.0966. The van der Waals surface area contributed by atoms with Crippen LogP contribution in [0.1, 0.15) is 31.4 Å². The van der Waals surface area contributed by atoms with E-state index >= 15 is 0 Å². The second kappa shape index (κ2) is 9.27. The molecule has 0 radical (unpaired) electrons. The average Bonchev–Trinajstić information content (AvgIpc) is 3.15. The van der Waals surface area contributed by atoms with Crippen LogP contribution in [0.2, 0.25) is 0 Å². The summed E-state index contributed by atoms with van der Waals surface area (Å²) in [4.78, 5) is 12.7. The third-order valence-corrected chi connectivity index (χ3v) is 5.92. The van der Waals surface area contributed by atoms with Crippen molar-refractivity contribution in [1.29, 1.82) is 0 Å². The van der Waals surface area contributed by atoms with E-state index in [0.717, 1.165) is 5.56 Å². The predicted octanol–water partition coefficient (Wildman–Crippen LogP) is 2.57. The summed E-state index contributed by atoms with van der Waals surface area (Å²) in [5, 5.41) is 3.95. The number of hydrazone groups is 1. The van der Waals surface area contributed by atoms with E-state index in [4.69, 9.17) is 9.47 Å². The van der Waals surface area contributed by atoms with Gasteiger partial charge in [0.25, 0.3) is 5.91 Å². The van der Waals surface area contributed by atoms with Gasteiger partial charge in [-0.3, -0.25) is 4.79 Å². The molecule has 2 aromatic rings. The Hall–Kier alpha value is -2.91. The van der Waals surface area contributed by atoms with Gasteiger partial charge in [0.05, 0.1) is 11.1 Å². The number of fused-ring (bicyclic) bond motifs is 1. The molecule has 2 N–H and O–H groups in total. The summed E-state index contributed by atoms with van der Waals surface area (Å²) in [5.74, 6) is 0.822. The molecule has 0 aromatic heterocycles. The van der Waals surface area contributed by atoms with Crippen molar-refractivity contribution in [3.63, 3.8) is 0 Å². The maximum absolute atomic E-state index is 12.7. The molecule has 0 spiro atoms. The number of rotatable bonds is 8. The van der Waals surface area contributed by atoms with Crippen molar-refractivity contribution in [3.8, 4) is 11.5 Å². The summed E-state index contributed by atoms with van der Waals surface area (Å²) in [7, 11) is -3.84. The topological polar surface area (TPSA) is 106 Å². The molecule has 30 heavy (non-hydrogen) atoms. The van der Waals surface area contributed by atoms with E-state index in [0.29, 0.717) is 23.5 Å². The standard InChI is InChI=1S/C21H25N3O5S/c1-14(2)10-18(24-30(26,27)17-7-4-15(3)5-8-17)21(25)23-22-12-16-6-9-19-20(11-16)29-13-28-19/h4-9,11-12,14,18,24H,10,13H2,1-3H3,(H,23,25)/b22-12-/t18-/m1/s1. The highest BCUT2D eigenvalue weighted by atomic mass is 32.2. The van der Waals surface area contributed by atoms with Crippen molar-refractivity contribution < 1.29 is 22.7 Å². The van der Waals surface area contributed by atoms with E-state index in [1.807, 2.05) is 20.8 Å². The highest BCUT2D eigenvalue weighted by molar-refractivity contribution is 7.89. The fourth-order valence-electron chi connectivity index (χ4n) is 2.89. The Bertz CT molecular complexity index is 1030. The van der Waals surface area contributed by atoms with E-state index < -0.39 is 22.0 Å². The van der Waals surface area contributed by atoms with Gasteiger partial charge in [-0.15, -0.1) is 0 Å². The molecular formula is C21H25N3O5S. The molecule has 9 heteroatoms. The normalized spacial score (nSPS) is 14.3. The monoisotopic (exact) mass is 431 g/mol. The van der Waals surface area contributed by atoms with Crippen LogP contribution < -0.4 is 19.6 Å². The van der Waals surface area contributed by atoms with E-state index in [2.05, 4.69) is 15.2 Å². The van der Waals surface area contributed by atoms with Gasteiger partial charge >= 0.3 is 0 Å². The van der Waals surface area contributed by atoms with Gasteiger partial charge in [0.2, 0.25) is 16.8 Å². The lowest BCUT2D eigenvalue weighted by Crippen LogP contribution is -2.46. The number of aryl methyl sites for hydroxylation is 1. The number of nitrogens with one attached hydrogen (secondary N) is 2. The maximum Gasteiger partial charge on any atom is 0.258 e. The highest BCUT2D eigenvalue weighted by Gasteiger charge is 2.26. The molecule has 1 amide bonds. The molecule has 0 saturated heterocycles. The summed E-state index contributed by atoms with van der Waals surface area (Å²) >= 11 is 0. The lowest BCUT2D eigenvalue weighted by Gasteiger charge is -2.19. The third-order valence-electron chi connectivity index (χ3n) is 4.44. The SMILES string of the molecule is Cc1ccc(S(=O)(=O)N[C@H](CC(C)C)C(=O)N/N=C\c2ccc3c(c2)OCO3)cc1. The van der Waals surface area contributed by atoms with Gasteiger partial charge in [0.15, 0.2) is 11.5 Å². The number of amides is 1. The molecule has 2 aromatic carbocycles. The molecule has 0 unspecified atom stereocenters. The molecule has 3 rings (SSSR count). The summed E-state index contributed by atoms with van der Waals surface area (Å²) in [6.45, 7) is 5.87. The number of benzene rings is 2. The number of sulfonamides is 1. The Balaban J connectivity index is 1.68. The molecule has 1 aliphatic rings. The molecular weight excluding hydrogens is 406 g/mol. The van der Waals surface area contributed by atoms with Crippen molar-refractivity contribution in [2.75, 3.05) is 6.79 Å². The van der Waals surface area contributed by atoms with Crippen LogP contribution in [0, 0.1) is 12.8 Å². The van der Waals surface area contributed by atoms with Gasteiger partial charge in [-0.05, 0) is 55.2 Å². The molecule has 1 heterocycles. The Kier molecular flexibility index (Phi) is 6.73. The van der Waals surface area contributed by atoms with Gasteiger partial charge in [-0.1, -0.05) is 31.5 Å². The summed E-state index contributed by atoms with van der Waals surface area (Å²) in [5.41, 5.74) is 4.07. The quantitative estimate of drug-likeness (QED) is 0.494. The van der Waals surface area contributed by atoms with Crippen LogP contribution in [0.3, 0.4) is 0 Å². The van der Waals surface area contributed by atoms with Crippen LogP contribution in [-0.4, -0.2) is 33.4 Å². The van der Waals surface area contributed by atoms with Crippen LogP contribution in [0.5, 0.6) is 11.5 Å². The Morgan fingerprint density at radius 1 is 1.13 bits per heavy atom. The first-order valence-corrected chi connectivity index (χ1v) is 11.0. The maximum atomic E-state index is 12.7. The first-order valence-electron chi connectivity index (χ1n) is 9.56. The third kappa shape index (κ3) is 5.58. The Morgan fingerprint density at radius 3 is 2.53 bits per heavy atom. The first-order chi connectivity index (χ1) is 14.2. The van der Waals surface area contributed by atoms with Crippen LogP contribution in [-0.2, 0) is 14.8 Å². The number of hydrogen-bond donors (Lipinski definition) is 2. The van der Waals surface area contributed by atoms with Crippen LogP contribution in [0.15, 0.2) is 52.5 Å². The van der Waals surface area contributed by atoms with E-state index in [-0.39, 0.29) is 17.6 Å². The Labute approximate surface area is 176 Å². The van der Waals surface area contributed by atoms with Gasteiger partial charge in [0.1, 0.15) is 6.04 Å². The number of ether oxygens (including phenoxy) is 2. The summed E-state index contributed by atoms with van der Waals surface area (Å²) in [6, 6.07) is 10.8. The van der Waals surface area contributed by atoms with Gasteiger partial charge in [0, 0.05) is 0 Å². The zero-order valence-electron chi connectivity index (χ0n) is 17.1.